The molecule has 0 spiro atoms. The Labute approximate surface area is 164 Å². The first-order chi connectivity index (χ1) is 13.1. The summed E-state index contributed by atoms with van der Waals surface area (Å²) in [5, 5.41) is 3.60. The molecular formula is C21H21ClN4O. The van der Waals surface area contributed by atoms with Crippen molar-refractivity contribution in [3.63, 3.8) is 0 Å². The molecule has 0 aliphatic carbocycles. The van der Waals surface area contributed by atoms with E-state index in [0.717, 1.165) is 12.0 Å². The van der Waals surface area contributed by atoms with Gasteiger partial charge < -0.3 is 10.2 Å². The molecule has 0 aliphatic heterocycles. The second-order valence-corrected chi connectivity index (χ2v) is 6.67. The molecule has 138 valence electrons. The van der Waals surface area contributed by atoms with Crippen molar-refractivity contribution in [3.8, 4) is 0 Å². The number of benzene rings is 2. The van der Waals surface area contributed by atoms with Crippen LogP contribution in [-0.2, 0) is 13.0 Å². The molecule has 3 rings (SSSR count). The van der Waals surface area contributed by atoms with Gasteiger partial charge in [0.2, 0.25) is 0 Å². The van der Waals surface area contributed by atoms with Crippen LogP contribution < -0.4 is 10.2 Å². The Morgan fingerprint density at radius 3 is 2.52 bits per heavy atom. The van der Waals surface area contributed by atoms with Crippen LogP contribution in [0.5, 0.6) is 0 Å². The van der Waals surface area contributed by atoms with Crippen LogP contribution in [0.4, 0.5) is 5.82 Å². The van der Waals surface area contributed by atoms with Gasteiger partial charge in [-0.2, -0.15) is 0 Å². The molecule has 1 amide bonds. The lowest BCUT2D eigenvalue weighted by Gasteiger charge is -2.18. The summed E-state index contributed by atoms with van der Waals surface area (Å²) >= 11 is 5.88. The van der Waals surface area contributed by atoms with Crippen LogP contribution in [0.3, 0.4) is 0 Å². The van der Waals surface area contributed by atoms with Crippen molar-refractivity contribution >= 4 is 23.3 Å². The summed E-state index contributed by atoms with van der Waals surface area (Å²) in [6.45, 7) is 1.23. The molecule has 0 bridgehead atoms. The molecule has 1 heterocycles. The van der Waals surface area contributed by atoms with Gasteiger partial charge in [-0.25, -0.2) is 9.97 Å². The number of carbonyl (C=O) groups excluding carboxylic acids is 1. The van der Waals surface area contributed by atoms with Gasteiger partial charge in [0.25, 0.3) is 5.91 Å². The average molecular weight is 381 g/mol. The third-order valence-corrected chi connectivity index (χ3v) is 4.40. The summed E-state index contributed by atoms with van der Waals surface area (Å²) in [5.74, 6) is 0.498. The first-order valence-corrected chi connectivity index (χ1v) is 9.09. The molecule has 0 atom stereocenters. The summed E-state index contributed by atoms with van der Waals surface area (Å²) in [7, 11) is 1.94. The van der Waals surface area contributed by atoms with E-state index in [4.69, 9.17) is 11.6 Å². The molecular weight excluding hydrogens is 360 g/mol. The topological polar surface area (TPSA) is 58.1 Å². The molecule has 0 saturated heterocycles. The first-order valence-electron chi connectivity index (χ1n) is 8.71. The van der Waals surface area contributed by atoms with E-state index in [9.17, 15) is 4.79 Å². The van der Waals surface area contributed by atoms with Crippen molar-refractivity contribution in [2.24, 2.45) is 0 Å². The van der Waals surface area contributed by atoms with E-state index in [2.05, 4.69) is 27.4 Å². The Bertz CT molecular complexity index is 884. The standard InChI is InChI=1S/C21H21ClN4O/c1-26(14-17-5-3-2-4-6-17)20-13-19(24-15-25-20)21(27)23-12-11-16-7-9-18(22)10-8-16/h2-10,13,15H,11-12,14H2,1H3,(H,23,27). The maximum absolute atomic E-state index is 12.4. The van der Waals surface area contributed by atoms with Gasteiger partial charge in [0, 0.05) is 31.2 Å². The van der Waals surface area contributed by atoms with Crippen molar-refractivity contribution in [1.29, 1.82) is 0 Å². The highest BCUT2D eigenvalue weighted by atomic mass is 35.5. The average Bonchev–Trinajstić information content (AvgIpc) is 2.70. The maximum atomic E-state index is 12.4. The molecule has 27 heavy (non-hydrogen) atoms. The van der Waals surface area contributed by atoms with E-state index >= 15 is 0 Å². The van der Waals surface area contributed by atoms with E-state index < -0.39 is 0 Å². The fourth-order valence-corrected chi connectivity index (χ4v) is 2.81. The lowest BCUT2D eigenvalue weighted by Crippen LogP contribution is -2.27. The van der Waals surface area contributed by atoms with Crippen LogP contribution in [-0.4, -0.2) is 29.5 Å². The fraction of sp³-hybridized carbons (Fsp3) is 0.190. The van der Waals surface area contributed by atoms with Gasteiger partial charge in [-0.05, 0) is 29.7 Å². The predicted molar refractivity (Wildman–Crippen MR) is 108 cm³/mol. The number of carbonyl (C=O) groups is 1. The van der Waals surface area contributed by atoms with Gasteiger partial charge in [-0.1, -0.05) is 54.1 Å². The molecule has 0 fully saturated rings. The highest BCUT2D eigenvalue weighted by Crippen LogP contribution is 2.13. The monoisotopic (exact) mass is 380 g/mol. The summed E-state index contributed by atoms with van der Waals surface area (Å²) in [6, 6.07) is 19.4. The molecule has 0 saturated carbocycles. The minimum absolute atomic E-state index is 0.208. The van der Waals surface area contributed by atoms with Gasteiger partial charge in [0.05, 0.1) is 0 Å². The van der Waals surface area contributed by atoms with Gasteiger partial charge in [0.1, 0.15) is 17.8 Å². The Morgan fingerprint density at radius 2 is 1.78 bits per heavy atom. The first kappa shape index (κ1) is 18.9. The minimum Gasteiger partial charge on any atom is -0.355 e. The quantitative estimate of drug-likeness (QED) is 0.678. The number of hydrogen-bond acceptors (Lipinski definition) is 4. The molecule has 0 radical (unpaired) electrons. The van der Waals surface area contributed by atoms with Crippen LogP contribution >= 0.6 is 11.6 Å². The number of nitrogens with zero attached hydrogens (tertiary/aromatic N) is 3. The zero-order chi connectivity index (χ0) is 19.1. The summed E-state index contributed by atoms with van der Waals surface area (Å²) in [4.78, 5) is 22.7. The molecule has 1 aromatic heterocycles. The van der Waals surface area contributed by atoms with E-state index in [-0.39, 0.29) is 5.91 Å². The van der Waals surface area contributed by atoms with Gasteiger partial charge in [-0.3, -0.25) is 4.79 Å². The highest BCUT2D eigenvalue weighted by Gasteiger charge is 2.11. The smallest absolute Gasteiger partial charge is 0.270 e. The largest absolute Gasteiger partial charge is 0.355 e. The molecule has 1 N–H and O–H groups in total. The number of hydrogen-bond donors (Lipinski definition) is 1. The maximum Gasteiger partial charge on any atom is 0.270 e. The van der Waals surface area contributed by atoms with Crippen LogP contribution in [0.25, 0.3) is 0 Å². The SMILES string of the molecule is CN(Cc1ccccc1)c1cc(C(=O)NCCc2ccc(Cl)cc2)ncn1. The molecule has 6 heteroatoms. The second-order valence-electron chi connectivity index (χ2n) is 6.24. The zero-order valence-corrected chi connectivity index (χ0v) is 15.9. The van der Waals surface area contributed by atoms with E-state index in [0.29, 0.717) is 29.6 Å². The van der Waals surface area contributed by atoms with Crippen LogP contribution in [0.1, 0.15) is 21.6 Å². The number of anilines is 1. The minimum atomic E-state index is -0.208. The Balaban J connectivity index is 1.57. The van der Waals surface area contributed by atoms with Crippen molar-refractivity contribution in [2.75, 3.05) is 18.5 Å². The number of rotatable bonds is 7. The zero-order valence-electron chi connectivity index (χ0n) is 15.1. The van der Waals surface area contributed by atoms with Crippen molar-refractivity contribution in [3.05, 3.63) is 88.8 Å². The Morgan fingerprint density at radius 1 is 1.04 bits per heavy atom. The molecule has 3 aromatic rings. The van der Waals surface area contributed by atoms with Gasteiger partial charge in [-0.15, -0.1) is 0 Å². The molecule has 0 unspecified atom stereocenters. The van der Waals surface area contributed by atoms with E-state index in [1.165, 1.54) is 11.9 Å². The predicted octanol–water partition coefficient (Wildman–Crippen LogP) is 3.74. The van der Waals surface area contributed by atoms with Gasteiger partial charge in [0.15, 0.2) is 0 Å². The Kier molecular flexibility index (Phi) is 6.39. The van der Waals surface area contributed by atoms with Crippen LogP contribution in [0.2, 0.25) is 5.02 Å². The normalized spacial score (nSPS) is 10.4. The third-order valence-electron chi connectivity index (χ3n) is 4.15. The second kappa shape index (κ2) is 9.14. The highest BCUT2D eigenvalue weighted by molar-refractivity contribution is 6.30. The number of halogens is 1. The van der Waals surface area contributed by atoms with Crippen molar-refractivity contribution in [1.82, 2.24) is 15.3 Å². The number of nitrogens with one attached hydrogen (secondary N) is 1. The van der Waals surface area contributed by atoms with E-state index in [1.807, 2.05) is 54.4 Å². The van der Waals surface area contributed by atoms with E-state index in [1.54, 1.807) is 6.07 Å². The van der Waals surface area contributed by atoms with Crippen LogP contribution in [0.15, 0.2) is 67.0 Å². The fourth-order valence-electron chi connectivity index (χ4n) is 2.68. The lowest BCUT2D eigenvalue weighted by atomic mass is 10.1. The summed E-state index contributed by atoms with van der Waals surface area (Å²) < 4.78 is 0. The Hall–Kier alpha value is -2.92. The third kappa shape index (κ3) is 5.53. The lowest BCUT2D eigenvalue weighted by molar-refractivity contribution is 0.0949. The summed E-state index contributed by atoms with van der Waals surface area (Å²) in [5.41, 5.74) is 2.65. The number of aromatic nitrogens is 2. The molecule has 5 nitrogen and oxygen atoms in total. The molecule has 0 aliphatic rings. The number of amides is 1. The summed E-state index contributed by atoms with van der Waals surface area (Å²) in [6.07, 6.45) is 2.15. The van der Waals surface area contributed by atoms with Crippen molar-refractivity contribution in [2.45, 2.75) is 13.0 Å². The van der Waals surface area contributed by atoms with Crippen LogP contribution in [0, 0.1) is 0 Å². The van der Waals surface area contributed by atoms with Gasteiger partial charge >= 0.3 is 0 Å². The van der Waals surface area contributed by atoms with Crippen molar-refractivity contribution < 1.29 is 4.79 Å². The molecule has 2 aromatic carbocycles.